The summed E-state index contributed by atoms with van der Waals surface area (Å²) in [7, 11) is 0. The summed E-state index contributed by atoms with van der Waals surface area (Å²) in [6, 6.07) is 0.159. The number of ether oxygens (including phenoxy) is 1. The molecule has 2 heterocycles. The molecule has 2 amide bonds. The average molecular weight is 240 g/mol. The van der Waals surface area contributed by atoms with E-state index < -0.39 is 0 Å². The molecule has 0 N–H and O–H groups in total. The molecule has 0 spiro atoms. The van der Waals surface area contributed by atoms with Gasteiger partial charge in [-0.15, -0.1) is 0 Å². The lowest BCUT2D eigenvalue weighted by molar-refractivity contribution is -0.131. The topological polar surface area (TPSA) is 49.9 Å². The zero-order valence-electron chi connectivity index (χ0n) is 10.5. The van der Waals surface area contributed by atoms with Crippen LogP contribution in [0.4, 0.5) is 4.79 Å². The monoisotopic (exact) mass is 240 g/mol. The standard InChI is InChI=1S/C12H20N2O3/c1-3-17-12(16)14-7-5-10-4-6-13(9(2)15)8-11(10)14/h10-11H,3-8H2,1-2H3/t10?,11-/m1/s1. The van der Waals surface area contributed by atoms with E-state index in [0.29, 0.717) is 19.1 Å². The van der Waals surface area contributed by atoms with Gasteiger partial charge in [0.15, 0.2) is 0 Å². The van der Waals surface area contributed by atoms with Crippen molar-refractivity contribution in [1.29, 1.82) is 0 Å². The third-order valence-corrected chi connectivity index (χ3v) is 3.81. The number of carbonyl (C=O) groups is 2. The lowest BCUT2D eigenvalue weighted by Crippen LogP contribution is -2.51. The summed E-state index contributed by atoms with van der Waals surface area (Å²) in [6.45, 7) is 6.06. The third-order valence-electron chi connectivity index (χ3n) is 3.81. The molecule has 5 nitrogen and oxygen atoms in total. The van der Waals surface area contributed by atoms with Crippen LogP contribution in [-0.2, 0) is 9.53 Å². The van der Waals surface area contributed by atoms with Crippen LogP contribution in [0, 0.1) is 5.92 Å². The molecule has 0 aromatic rings. The second-order valence-electron chi connectivity index (χ2n) is 4.76. The first-order valence-corrected chi connectivity index (χ1v) is 6.32. The predicted octanol–water partition coefficient (Wildman–Crippen LogP) is 1.09. The van der Waals surface area contributed by atoms with E-state index in [9.17, 15) is 9.59 Å². The normalized spacial score (nSPS) is 27.9. The number of piperidine rings is 1. The minimum Gasteiger partial charge on any atom is -0.450 e. The number of nitrogens with zero attached hydrogens (tertiary/aromatic N) is 2. The van der Waals surface area contributed by atoms with E-state index in [1.807, 2.05) is 11.8 Å². The van der Waals surface area contributed by atoms with Crippen LogP contribution in [0.5, 0.6) is 0 Å². The van der Waals surface area contributed by atoms with Crippen molar-refractivity contribution in [2.45, 2.75) is 32.7 Å². The van der Waals surface area contributed by atoms with Gasteiger partial charge in [0.25, 0.3) is 0 Å². The highest BCUT2D eigenvalue weighted by molar-refractivity contribution is 5.74. The minimum absolute atomic E-state index is 0.0964. The van der Waals surface area contributed by atoms with Gasteiger partial charge in [-0.05, 0) is 25.7 Å². The Hall–Kier alpha value is -1.26. The molecule has 2 aliphatic heterocycles. The van der Waals surface area contributed by atoms with Crippen LogP contribution >= 0.6 is 0 Å². The Morgan fingerprint density at radius 3 is 2.65 bits per heavy atom. The van der Waals surface area contributed by atoms with E-state index in [0.717, 1.165) is 25.9 Å². The maximum absolute atomic E-state index is 11.8. The maximum Gasteiger partial charge on any atom is 0.410 e. The molecule has 0 aliphatic carbocycles. The van der Waals surface area contributed by atoms with Gasteiger partial charge in [-0.3, -0.25) is 4.79 Å². The minimum atomic E-state index is -0.231. The van der Waals surface area contributed by atoms with Crippen molar-refractivity contribution in [2.24, 2.45) is 5.92 Å². The van der Waals surface area contributed by atoms with Crippen LogP contribution in [0.1, 0.15) is 26.7 Å². The van der Waals surface area contributed by atoms with Crippen molar-refractivity contribution in [1.82, 2.24) is 9.80 Å². The molecule has 2 fully saturated rings. The van der Waals surface area contributed by atoms with Gasteiger partial charge < -0.3 is 14.5 Å². The van der Waals surface area contributed by atoms with Crippen molar-refractivity contribution < 1.29 is 14.3 Å². The summed E-state index contributed by atoms with van der Waals surface area (Å²) in [5.74, 6) is 0.633. The van der Waals surface area contributed by atoms with Crippen molar-refractivity contribution in [3.63, 3.8) is 0 Å². The zero-order valence-corrected chi connectivity index (χ0v) is 10.5. The van der Waals surface area contributed by atoms with E-state index in [-0.39, 0.29) is 18.0 Å². The van der Waals surface area contributed by atoms with E-state index in [2.05, 4.69) is 0 Å². The molecule has 0 bridgehead atoms. The van der Waals surface area contributed by atoms with Gasteiger partial charge in [-0.1, -0.05) is 0 Å². The highest BCUT2D eigenvalue weighted by atomic mass is 16.6. The molecule has 0 radical (unpaired) electrons. The van der Waals surface area contributed by atoms with Crippen molar-refractivity contribution in [3.05, 3.63) is 0 Å². The third kappa shape index (κ3) is 2.37. The Balaban J connectivity index is 2.02. The van der Waals surface area contributed by atoms with Crippen molar-refractivity contribution >= 4 is 12.0 Å². The largest absolute Gasteiger partial charge is 0.450 e. The quantitative estimate of drug-likeness (QED) is 0.689. The lowest BCUT2D eigenvalue weighted by Gasteiger charge is -2.37. The first kappa shape index (κ1) is 12.2. The molecule has 2 aliphatic rings. The molecule has 0 aromatic carbocycles. The van der Waals surface area contributed by atoms with Gasteiger partial charge in [0.05, 0.1) is 12.6 Å². The number of hydrogen-bond donors (Lipinski definition) is 0. The van der Waals surface area contributed by atoms with Gasteiger partial charge >= 0.3 is 6.09 Å². The SMILES string of the molecule is CCOC(=O)N1CCC2CCN(C(C)=O)C[C@H]21. The van der Waals surface area contributed by atoms with Gasteiger partial charge in [0.2, 0.25) is 5.91 Å². The molecular weight excluding hydrogens is 220 g/mol. The van der Waals surface area contributed by atoms with E-state index in [4.69, 9.17) is 4.74 Å². The summed E-state index contributed by atoms with van der Waals surface area (Å²) in [5.41, 5.74) is 0. The van der Waals surface area contributed by atoms with Gasteiger partial charge in [-0.25, -0.2) is 4.79 Å². The average Bonchev–Trinajstić information content (AvgIpc) is 2.71. The first-order chi connectivity index (χ1) is 8.13. The highest BCUT2D eigenvalue weighted by Gasteiger charge is 2.41. The molecule has 2 rings (SSSR count). The summed E-state index contributed by atoms with van der Waals surface area (Å²) in [6.07, 6.45) is 1.81. The second kappa shape index (κ2) is 4.94. The number of carbonyl (C=O) groups excluding carboxylic acids is 2. The Morgan fingerprint density at radius 1 is 1.29 bits per heavy atom. The number of hydrogen-bond acceptors (Lipinski definition) is 3. The molecule has 0 aromatic heterocycles. The van der Waals surface area contributed by atoms with Crippen LogP contribution < -0.4 is 0 Å². The Bertz CT molecular complexity index is 319. The molecule has 1 unspecified atom stereocenters. The van der Waals surface area contributed by atoms with Gasteiger partial charge in [-0.2, -0.15) is 0 Å². The molecule has 5 heteroatoms. The molecule has 17 heavy (non-hydrogen) atoms. The molecule has 2 atom stereocenters. The fraction of sp³-hybridized carbons (Fsp3) is 0.833. The second-order valence-corrected chi connectivity index (χ2v) is 4.76. The smallest absolute Gasteiger partial charge is 0.410 e. The Morgan fingerprint density at radius 2 is 2.00 bits per heavy atom. The van der Waals surface area contributed by atoms with Gasteiger partial charge in [0, 0.05) is 26.6 Å². The summed E-state index contributed by atoms with van der Waals surface area (Å²) >= 11 is 0. The number of rotatable bonds is 1. The van der Waals surface area contributed by atoms with E-state index in [1.54, 1.807) is 11.8 Å². The zero-order chi connectivity index (χ0) is 12.4. The predicted molar refractivity (Wildman–Crippen MR) is 62.5 cm³/mol. The van der Waals surface area contributed by atoms with Crippen LogP contribution in [0.2, 0.25) is 0 Å². The van der Waals surface area contributed by atoms with Crippen LogP contribution in [0.25, 0.3) is 0 Å². The van der Waals surface area contributed by atoms with Gasteiger partial charge in [0.1, 0.15) is 0 Å². The molecule has 0 saturated carbocycles. The summed E-state index contributed by atoms with van der Waals surface area (Å²) in [5, 5.41) is 0. The van der Waals surface area contributed by atoms with E-state index >= 15 is 0 Å². The number of fused-ring (bicyclic) bond motifs is 1. The Kier molecular flexibility index (Phi) is 3.54. The lowest BCUT2D eigenvalue weighted by atomic mass is 9.92. The van der Waals surface area contributed by atoms with Crippen LogP contribution in [0.3, 0.4) is 0 Å². The summed E-state index contributed by atoms with van der Waals surface area (Å²) in [4.78, 5) is 26.8. The molecule has 96 valence electrons. The summed E-state index contributed by atoms with van der Waals surface area (Å²) < 4.78 is 5.05. The molecule has 2 saturated heterocycles. The fourth-order valence-corrected chi connectivity index (χ4v) is 2.86. The number of likely N-dealkylation sites (tertiary alicyclic amines) is 2. The number of amides is 2. The fourth-order valence-electron chi connectivity index (χ4n) is 2.86. The maximum atomic E-state index is 11.8. The van der Waals surface area contributed by atoms with Crippen molar-refractivity contribution in [2.75, 3.05) is 26.2 Å². The highest BCUT2D eigenvalue weighted by Crippen LogP contribution is 2.32. The first-order valence-electron chi connectivity index (χ1n) is 6.32. The van der Waals surface area contributed by atoms with Crippen LogP contribution in [0.15, 0.2) is 0 Å². The Labute approximate surface area is 102 Å². The van der Waals surface area contributed by atoms with Crippen LogP contribution in [-0.4, -0.2) is 54.1 Å². The van der Waals surface area contributed by atoms with Crippen molar-refractivity contribution in [3.8, 4) is 0 Å². The molecular formula is C12H20N2O3. The van der Waals surface area contributed by atoms with E-state index in [1.165, 1.54) is 0 Å².